The summed E-state index contributed by atoms with van der Waals surface area (Å²) >= 11 is 1.35. The highest BCUT2D eigenvalue weighted by atomic mass is 32.1. The fraction of sp³-hybridized carbons (Fsp3) is 0.273. The quantitative estimate of drug-likeness (QED) is 0.868. The second-order valence-corrected chi connectivity index (χ2v) is 4.50. The first-order chi connectivity index (χ1) is 7.84. The van der Waals surface area contributed by atoms with Gasteiger partial charge in [0.1, 0.15) is 5.00 Å². The fourth-order valence-electron chi connectivity index (χ4n) is 1.90. The molecule has 1 aliphatic rings. The van der Waals surface area contributed by atoms with Gasteiger partial charge in [0, 0.05) is 5.56 Å². The Labute approximate surface area is 96.4 Å². The molecule has 0 aliphatic heterocycles. The molecule has 1 amide bonds. The summed E-state index contributed by atoms with van der Waals surface area (Å²) in [6.45, 7) is 0. The van der Waals surface area contributed by atoms with Crippen LogP contribution in [0.15, 0.2) is 22.8 Å². The number of aryl methyl sites for hydroxylation is 1. The summed E-state index contributed by atoms with van der Waals surface area (Å²) in [6, 6.07) is 3.35. The Hall–Kier alpha value is -1.62. The third-order valence-corrected chi connectivity index (χ3v) is 3.52. The summed E-state index contributed by atoms with van der Waals surface area (Å²) in [7, 11) is 0. The molecule has 5 heteroatoms. The smallest absolute Gasteiger partial charge is 0.291 e. The molecule has 2 aromatic heterocycles. The van der Waals surface area contributed by atoms with Crippen LogP contribution in [0.1, 0.15) is 28.2 Å². The number of nitrogens with one attached hydrogen (secondary N) is 1. The van der Waals surface area contributed by atoms with Crippen LogP contribution in [0, 0.1) is 0 Å². The van der Waals surface area contributed by atoms with E-state index in [0.717, 1.165) is 30.0 Å². The molecule has 0 atom stereocenters. The lowest BCUT2D eigenvalue weighted by Crippen LogP contribution is -2.10. The van der Waals surface area contributed by atoms with E-state index in [1.165, 1.54) is 23.4 Å². The van der Waals surface area contributed by atoms with Crippen molar-refractivity contribution in [1.82, 2.24) is 4.37 Å². The number of nitrogens with zero attached hydrogens (tertiary/aromatic N) is 1. The van der Waals surface area contributed by atoms with Crippen LogP contribution in [0.25, 0.3) is 0 Å². The maximum Gasteiger partial charge on any atom is 0.291 e. The molecular weight excluding hydrogens is 224 g/mol. The molecule has 0 aromatic carbocycles. The molecule has 0 bridgehead atoms. The number of rotatable bonds is 2. The predicted octanol–water partition coefficient (Wildman–Crippen LogP) is 2.48. The summed E-state index contributed by atoms with van der Waals surface area (Å²) in [6.07, 6.45) is 4.67. The second kappa shape index (κ2) is 3.75. The minimum Gasteiger partial charge on any atom is -0.459 e. The van der Waals surface area contributed by atoms with Crippen molar-refractivity contribution < 1.29 is 9.21 Å². The zero-order valence-corrected chi connectivity index (χ0v) is 9.34. The zero-order chi connectivity index (χ0) is 11.0. The van der Waals surface area contributed by atoms with Crippen molar-refractivity contribution in [2.45, 2.75) is 19.3 Å². The SMILES string of the molecule is O=C(Nc1snc2c1CCC2)c1ccco1. The van der Waals surface area contributed by atoms with Gasteiger partial charge in [-0.2, -0.15) is 4.37 Å². The van der Waals surface area contributed by atoms with Gasteiger partial charge >= 0.3 is 0 Å². The van der Waals surface area contributed by atoms with E-state index < -0.39 is 0 Å². The molecule has 2 heterocycles. The van der Waals surface area contributed by atoms with Gasteiger partial charge in [0.25, 0.3) is 5.91 Å². The lowest BCUT2D eigenvalue weighted by Gasteiger charge is -2.00. The molecule has 0 unspecified atom stereocenters. The Balaban J connectivity index is 1.82. The number of carbonyl (C=O) groups is 1. The monoisotopic (exact) mass is 234 g/mol. The van der Waals surface area contributed by atoms with Crippen LogP contribution >= 0.6 is 11.5 Å². The molecule has 0 saturated heterocycles. The Morgan fingerprint density at radius 1 is 1.50 bits per heavy atom. The Morgan fingerprint density at radius 2 is 2.44 bits per heavy atom. The maximum atomic E-state index is 11.7. The average Bonchev–Trinajstić information content (AvgIpc) is 2.94. The normalized spacial score (nSPS) is 13.8. The summed E-state index contributed by atoms with van der Waals surface area (Å²) in [5.41, 5.74) is 2.34. The first-order valence-corrected chi connectivity index (χ1v) is 5.94. The highest BCUT2D eigenvalue weighted by Gasteiger charge is 2.21. The lowest BCUT2D eigenvalue weighted by molar-refractivity contribution is 0.0997. The topological polar surface area (TPSA) is 55.1 Å². The molecular formula is C11H10N2O2S. The maximum absolute atomic E-state index is 11.7. The minimum absolute atomic E-state index is 0.205. The molecule has 82 valence electrons. The molecule has 0 radical (unpaired) electrons. The van der Waals surface area contributed by atoms with E-state index in [9.17, 15) is 4.79 Å². The van der Waals surface area contributed by atoms with Crippen LogP contribution in [-0.2, 0) is 12.8 Å². The third kappa shape index (κ3) is 1.53. The van der Waals surface area contributed by atoms with Gasteiger partial charge in [0.05, 0.1) is 12.0 Å². The standard InChI is InChI=1S/C11H10N2O2S/c14-10(9-5-2-6-15-9)12-11-7-3-1-4-8(7)13-16-11/h2,5-6H,1,3-4H2,(H,12,14). The van der Waals surface area contributed by atoms with Crippen molar-refractivity contribution in [2.75, 3.05) is 5.32 Å². The number of fused-ring (bicyclic) bond motifs is 1. The largest absolute Gasteiger partial charge is 0.459 e. The molecule has 4 nitrogen and oxygen atoms in total. The molecule has 0 spiro atoms. The number of aromatic nitrogens is 1. The van der Waals surface area contributed by atoms with Gasteiger partial charge in [-0.1, -0.05) is 0 Å². The van der Waals surface area contributed by atoms with E-state index in [4.69, 9.17) is 4.42 Å². The molecule has 0 saturated carbocycles. The average molecular weight is 234 g/mol. The van der Waals surface area contributed by atoms with Crippen molar-refractivity contribution in [3.8, 4) is 0 Å². The van der Waals surface area contributed by atoms with Crippen molar-refractivity contribution in [1.29, 1.82) is 0 Å². The Bertz CT molecular complexity index is 516. The number of hydrogen-bond acceptors (Lipinski definition) is 4. The highest BCUT2D eigenvalue weighted by Crippen LogP contribution is 2.32. The van der Waals surface area contributed by atoms with Crippen molar-refractivity contribution >= 4 is 22.4 Å². The number of furan rings is 1. The van der Waals surface area contributed by atoms with Gasteiger partial charge in [-0.15, -0.1) is 0 Å². The van der Waals surface area contributed by atoms with Crippen LogP contribution in [0.2, 0.25) is 0 Å². The molecule has 1 aliphatic carbocycles. The highest BCUT2D eigenvalue weighted by molar-refractivity contribution is 7.10. The van der Waals surface area contributed by atoms with Crippen LogP contribution < -0.4 is 5.32 Å². The van der Waals surface area contributed by atoms with Crippen LogP contribution in [0.3, 0.4) is 0 Å². The lowest BCUT2D eigenvalue weighted by atomic mass is 10.3. The Kier molecular flexibility index (Phi) is 2.25. The van der Waals surface area contributed by atoms with E-state index >= 15 is 0 Å². The van der Waals surface area contributed by atoms with E-state index in [0.29, 0.717) is 5.76 Å². The minimum atomic E-state index is -0.205. The number of anilines is 1. The number of hydrogen-bond donors (Lipinski definition) is 1. The summed E-state index contributed by atoms with van der Waals surface area (Å²) < 4.78 is 9.36. The summed E-state index contributed by atoms with van der Waals surface area (Å²) in [4.78, 5) is 11.7. The first-order valence-electron chi connectivity index (χ1n) is 5.17. The van der Waals surface area contributed by atoms with Gasteiger partial charge < -0.3 is 9.73 Å². The van der Waals surface area contributed by atoms with Crippen molar-refractivity contribution in [2.24, 2.45) is 0 Å². The molecule has 0 fully saturated rings. The van der Waals surface area contributed by atoms with Crippen LogP contribution in [0.5, 0.6) is 0 Å². The van der Waals surface area contributed by atoms with Crippen LogP contribution in [-0.4, -0.2) is 10.3 Å². The Morgan fingerprint density at radius 3 is 3.25 bits per heavy atom. The van der Waals surface area contributed by atoms with E-state index in [1.54, 1.807) is 12.1 Å². The second-order valence-electron chi connectivity index (χ2n) is 3.72. The number of amides is 1. The molecule has 16 heavy (non-hydrogen) atoms. The van der Waals surface area contributed by atoms with Gasteiger partial charge in [-0.25, -0.2) is 0 Å². The number of carbonyl (C=O) groups excluding carboxylic acids is 1. The van der Waals surface area contributed by atoms with Crippen molar-refractivity contribution in [3.63, 3.8) is 0 Å². The van der Waals surface area contributed by atoms with E-state index in [2.05, 4.69) is 9.69 Å². The van der Waals surface area contributed by atoms with Crippen molar-refractivity contribution in [3.05, 3.63) is 35.4 Å². The van der Waals surface area contributed by atoms with Gasteiger partial charge in [0.15, 0.2) is 5.76 Å². The summed E-state index contributed by atoms with van der Waals surface area (Å²) in [5, 5.41) is 3.72. The molecule has 2 aromatic rings. The zero-order valence-electron chi connectivity index (χ0n) is 8.53. The molecule has 1 N–H and O–H groups in total. The third-order valence-electron chi connectivity index (χ3n) is 2.68. The molecule has 3 rings (SSSR count). The van der Waals surface area contributed by atoms with Gasteiger partial charge in [0.2, 0.25) is 0 Å². The predicted molar refractivity (Wildman–Crippen MR) is 60.8 cm³/mol. The van der Waals surface area contributed by atoms with Crippen LogP contribution in [0.4, 0.5) is 5.00 Å². The first kappa shape index (κ1) is 9.59. The fourth-order valence-corrected chi connectivity index (χ4v) is 2.77. The van der Waals surface area contributed by atoms with E-state index in [1.807, 2.05) is 0 Å². The van der Waals surface area contributed by atoms with Gasteiger partial charge in [-0.05, 0) is 42.9 Å². The van der Waals surface area contributed by atoms with E-state index in [-0.39, 0.29) is 5.91 Å². The van der Waals surface area contributed by atoms with Gasteiger partial charge in [-0.3, -0.25) is 4.79 Å². The summed E-state index contributed by atoms with van der Waals surface area (Å²) in [5.74, 6) is 0.128.